The number of esters is 1. The highest BCUT2D eigenvalue weighted by molar-refractivity contribution is 5.66. The van der Waals surface area contributed by atoms with Crippen LogP contribution in [-0.4, -0.2) is 35.0 Å². The van der Waals surface area contributed by atoms with Crippen molar-refractivity contribution in [2.75, 3.05) is 0 Å². The summed E-state index contributed by atoms with van der Waals surface area (Å²) < 4.78 is 13.0. The minimum Gasteiger partial charge on any atom is -0.462 e. The van der Waals surface area contributed by atoms with E-state index in [0.29, 0.717) is 23.2 Å². The van der Waals surface area contributed by atoms with Crippen LogP contribution in [0.2, 0.25) is 0 Å². The van der Waals surface area contributed by atoms with Crippen molar-refractivity contribution in [2.24, 2.45) is 50.2 Å². The zero-order valence-electron chi connectivity index (χ0n) is 27.9. The maximum atomic E-state index is 12.4. The summed E-state index contributed by atoms with van der Waals surface area (Å²) >= 11 is 0. The van der Waals surface area contributed by atoms with Crippen molar-refractivity contribution in [2.45, 2.75) is 158 Å². The second-order valence-corrected chi connectivity index (χ2v) is 18.2. The SMILES string of the molecule is CC(=O)O[C@H]1C[C@@H](OC(C)(C)C)[C@]2(C)[C@H]3[C@H](O)C=C4[C@@H]5CC(C)(C)CC[C@]5(C)CC[C@@]4(C)[C@]3(C)CC[C@H]2C1(C)C. The topological polar surface area (TPSA) is 55.8 Å². The number of aliphatic hydroxyl groups excluding tert-OH is 1. The van der Waals surface area contributed by atoms with E-state index in [9.17, 15) is 9.90 Å². The third-order valence-corrected chi connectivity index (χ3v) is 13.8. The Bertz CT molecular complexity index is 1070. The van der Waals surface area contributed by atoms with Crippen molar-refractivity contribution < 1.29 is 19.4 Å². The molecule has 0 heterocycles. The lowest BCUT2D eigenvalue weighted by atomic mass is 9.33. The van der Waals surface area contributed by atoms with Crippen LogP contribution in [0.4, 0.5) is 0 Å². The Morgan fingerprint density at radius 2 is 1.55 bits per heavy atom. The molecule has 0 saturated heterocycles. The standard InChI is InChI=1S/C36H60O4/c1-22(37)39-27-20-28(40-30(2,3)4)36(12)26(32(27,7)8)13-14-35(11)29(36)25(38)19-23-24-21-31(5,6)15-16-33(24,9)17-18-34(23,35)10/h19,24-29,38H,13-18,20-21H2,1-12H3/t24-,25+,26-,27-,28+,29-,33+,34+,35+,36+/m0/s1. The van der Waals surface area contributed by atoms with Crippen LogP contribution in [0.1, 0.15) is 134 Å². The van der Waals surface area contributed by atoms with Gasteiger partial charge in [-0.05, 0) is 99.2 Å². The van der Waals surface area contributed by atoms with Gasteiger partial charge in [0.15, 0.2) is 0 Å². The first-order chi connectivity index (χ1) is 18.1. The minimum atomic E-state index is -0.500. The van der Waals surface area contributed by atoms with E-state index in [0.717, 1.165) is 12.8 Å². The van der Waals surface area contributed by atoms with E-state index in [-0.39, 0.29) is 57.3 Å². The van der Waals surface area contributed by atoms with Crippen molar-refractivity contribution in [1.82, 2.24) is 0 Å². The lowest BCUT2D eigenvalue weighted by Gasteiger charge is -2.73. The van der Waals surface area contributed by atoms with Gasteiger partial charge >= 0.3 is 5.97 Å². The largest absolute Gasteiger partial charge is 0.462 e. The Balaban J connectivity index is 1.65. The summed E-state index contributed by atoms with van der Waals surface area (Å²) in [6.07, 6.45) is 10.7. The average molecular weight is 557 g/mol. The quantitative estimate of drug-likeness (QED) is 0.274. The van der Waals surface area contributed by atoms with Crippen LogP contribution in [0.25, 0.3) is 0 Å². The molecule has 0 aromatic rings. The number of hydrogen-bond acceptors (Lipinski definition) is 4. The molecule has 0 amide bonds. The maximum Gasteiger partial charge on any atom is 0.302 e. The van der Waals surface area contributed by atoms with Gasteiger partial charge in [0, 0.05) is 30.1 Å². The molecule has 0 spiro atoms. The van der Waals surface area contributed by atoms with Crippen molar-refractivity contribution in [3.05, 3.63) is 11.6 Å². The molecule has 0 aromatic carbocycles. The van der Waals surface area contributed by atoms with Crippen LogP contribution in [0.15, 0.2) is 11.6 Å². The van der Waals surface area contributed by atoms with Crippen molar-refractivity contribution in [1.29, 1.82) is 0 Å². The summed E-state index contributed by atoms with van der Waals surface area (Å²) in [4.78, 5) is 12.2. The first-order valence-corrected chi connectivity index (χ1v) is 16.4. The maximum absolute atomic E-state index is 12.4. The molecule has 5 aliphatic rings. The molecule has 4 saturated carbocycles. The van der Waals surface area contributed by atoms with Crippen LogP contribution >= 0.6 is 0 Å². The summed E-state index contributed by atoms with van der Waals surface area (Å²) in [6.45, 7) is 27.5. The van der Waals surface area contributed by atoms with E-state index in [1.165, 1.54) is 39.0 Å². The van der Waals surface area contributed by atoms with Gasteiger partial charge in [0.05, 0.1) is 17.8 Å². The Morgan fingerprint density at radius 3 is 2.15 bits per heavy atom. The van der Waals surface area contributed by atoms with E-state index in [1.54, 1.807) is 5.57 Å². The number of allylic oxidation sites excluding steroid dienone is 1. The number of rotatable bonds is 2. The average Bonchev–Trinajstić information content (AvgIpc) is 2.78. The van der Waals surface area contributed by atoms with Crippen LogP contribution in [0.3, 0.4) is 0 Å². The summed E-state index contributed by atoms with van der Waals surface area (Å²) in [5.74, 6) is 0.693. The van der Waals surface area contributed by atoms with Gasteiger partial charge in [-0.15, -0.1) is 0 Å². The molecule has 5 rings (SSSR count). The third kappa shape index (κ3) is 4.30. The van der Waals surface area contributed by atoms with E-state index < -0.39 is 6.10 Å². The first-order valence-electron chi connectivity index (χ1n) is 16.4. The fourth-order valence-corrected chi connectivity index (χ4v) is 11.5. The minimum absolute atomic E-state index is 0.0332. The van der Waals surface area contributed by atoms with Gasteiger partial charge in [-0.2, -0.15) is 0 Å². The zero-order valence-corrected chi connectivity index (χ0v) is 27.9. The lowest BCUT2D eigenvalue weighted by Crippen LogP contribution is -2.71. The van der Waals surface area contributed by atoms with E-state index in [2.05, 4.69) is 82.2 Å². The van der Waals surface area contributed by atoms with Gasteiger partial charge in [-0.1, -0.05) is 67.0 Å². The molecule has 4 nitrogen and oxygen atoms in total. The Morgan fingerprint density at radius 1 is 0.925 bits per heavy atom. The van der Waals surface area contributed by atoms with Gasteiger partial charge in [-0.3, -0.25) is 4.79 Å². The Labute approximate surface area is 245 Å². The van der Waals surface area contributed by atoms with Gasteiger partial charge in [0.25, 0.3) is 0 Å². The lowest BCUT2D eigenvalue weighted by molar-refractivity contribution is -0.284. The fraction of sp³-hybridized carbons (Fsp3) is 0.917. The molecule has 0 unspecified atom stereocenters. The number of fused-ring (bicyclic) bond motifs is 7. The molecule has 0 radical (unpaired) electrons. The predicted octanol–water partition coefficient (Wildman–Crippen LogP) is 8.50. The van der Waals surface area contributed by atoms with Crippen molar-refractivity contribution >= 4 is 5.97 Å². The molecule has 4 heteroatoms. The molecule has 40 heavy (non-hydrogen) atoms. The molecular weight excluding hydrogens is 496 g/mol. The Kier molecular flexibility index (Phi) is 6.93. The summed E-state index contributed by atoms with van der Waals surface area (Å²) in [5.41, 5.74) is 1.50. The second-order valence-electron chi connectivity index (χ2n) is 18.2. The Hall–Kier alpha value is -0.870. The molecule has 228 valence electrons. The number of ether oxygens (including phenoxy) is 2. The smallest absolute Gasteiger partial charge is 0.302 e. The number of carbonyl (C=O) groups excluding carboxylic acids is 1. The van der Waals surface area contributed by atoms with E-state index >= 15 is 0 Å². The van der Waals surface area contributed by atoms with Gasteiger partial charge in [-0.25, -0.2) is 0 Å². The zero-order chi connectivity index (χ0) is 29.9. The fourth-order valence-electron chi connectivity index (χ4n) is 11.5. The summed E-state index contributed by atoms with van der Waals surface area (Å²) in [6, 6.07) is 0. The third-order valence-electron chi connectivity index (χ3n) is 13.8. The highest BCUT2D eigenvalue weighted by atomic mass is 16.5. The van der Waals surface area contributed by atoms with Crippen LogP contribution in [-0.2, 0) is 14.3 Å². The van der Waals surface area contributed by atoms with Crippen molar-refractivity contribution in [3.63, 3.8) is 0 Å². The molecule has 0 aliphatic heterocycles. The summed E-state index contributed by atoms with van der Waals surface area (Å²) in [7, 11) is 0. The van der Waals surface area contributed by atoms with Gasteiger partial charge in [0.1, 0.15) is 6.10 Å². The summed E-state index contributed by atoms with van der Waals surface area (Å²) in [5, 5.41) is 12.4. The number of hydrogen-bond donors (Lipinski definition) is 1. The highest BCUT2D eigenvalue weighted by Crippen LogP contribution is 2.76. The molecule has 0 aromatic heterocycles. The van der Waals surface area contributed by atoms with Crippen molar-refractivity contribution in [3.8, 4) is 0 Å². The van der Waals surface area contributed by atoms with Crippen LogP contribution in [0.5, 0.6) is 0 Å². The molecule has 0 bridgehead atoms. The van der Waals surface area contributed by atoms with Gasteiger partial charge < -0.3 is 14.6 Å². The molecule has 10 atom stereocenters. The van der Waals surface area contributed by atoms with Crippen LogP contribution < -0.4 is 0 Å². The van der Waals surface area contributed by atoms with E-state index in [4.69, 9.17) is 9.47 Å². The van der Waals surface area contributed by atoms with Gasteiger partial charge in [0.2, 0.25) is 0 Å². The van der Waals surface area contributed by atoms with Crippen LogP contribution in [0, 0.1) is 50.2 Å². The molecule has 4 fully saturated rings. The first kappa shape index (κ1) is 30.6. The monoisotopic (exact) mass is 556 g/mol. The van der Waals surface area contributed by atoms with E-state index in [1.807, 2.05) is 0 Å². The molecule has 5 aliphatic carbocycles. The normalized spacial score (nSPS) is 49.5. The molecule has 1 N–H and O–H groups in total. The molecular formula is C36H60O4. The number of aliphatic hydroxyl groups is 1. The second kappa shape index (κ2) is 9.07. The highest BCUT2D eigenvalue weighted by Gasteiger charge is 2.72. The predicted molar refractivity (Wildman–Crippen MR) is 162 cm³/mol. The number of carbonyl (C=O) groups is 1.